The van der Waals surface area contributed by atoms with Crippen LogP contribution in [0.25, 0.3) is 34.0 Å². The topological polar surface area (TPSA) is 79.8 Å². The Kier molecular flexibility index (Phi) is 5.46. The molecule has 144 valence electrons. The zero-order valence-electron chi connectivity index (χ0n) is 15.7. The third-order valence-corrected chi connectivity index (χ3v) is 5.43. The average molecular weight is 409 g/mol. The summed E-state index contributed by atoms with van der Waals surface area (Å²) < 4.78 is 0. The molecule has 6 heteroatoms. The number of nitro benzene ring substituents is 1. The number of nitriles is 1. The van der Waals surface area contributed by atoms with Crippen LogP contribution in [0.1, 0.15) is 10.6 Å². The second-order valence-electron chi connectivity index (χ2n) is 6.50. The standard InChI is InChI=1S/C24H15N3O2S/c25-15-21(14-17-6-12-22(13-7-17)27(28)29)24-26-23(16-30-24)20-10-8-19(9-11-20)18-4-2-1-3-5-18/h1-14,16H. The van der Waals surface area contributed by atoms with E-state index in [1.807, 2.05) is 35.7 Å². The fraction of sp³-hybridized carbons (Fsp3) is 0. The molecule has 0 amide bonds. The van der Waals surface area contributed by atoms with E-state index in [4.69, 9.17) is 0 Å². The quantitative estimate of drug-likeness (QED) is 0.215. The third kappa shape index (κ3) is 4.17. The van der Waals surface area contributed by atoms with E-state index in [1.165, 1.54) is 23.5 Å². The molecule has 0 aliphatic carbocycles. The maximum absolute atomic E-state index is 10.8. The third-order valence-electron chi connectivity index (χ3n) is 4.56. The molecular weight excluding hydrogens is 394 g/mol. The van der Waals surface area contributed by atoms with Crippen molar-refractivity contribution in [3.63, 3.8) is 0 Å². The second kappa shape index (κ2) is 8.52. The van der Waals surface area contributed by atoms with Gasteiger partial charge in [0, 0.05) is 23.1 Å². The number of non-ortho nitro benzene ring substituents is 1. The lowest BCUT2D eigenvalue weighted by molar-refractivity contribution is -0.384. The zero-order valence-corrected chi connectivity index (χ0v) is 16.5. The maximum Gasteiger partial charge on any atom is 0.269 e. The molecular formula is C24H15N3O2S. The molecule has 3 aromatic carbocycles. The van der Waals surface area contributed by atoms with Gasteiger partial charge >= 0.3 is 0 Å². The van der Waals surface area contributed by atoms with E-state index < -0.39 is 4.92 Å². The summed E-state index contributed by atoms with van der Waals surface area (Å²) in [5.41, 5.74) is 5.21. The molecule has 30 heavy (non-hydrogen) atoms. The van der Waals surface area contributed by atoms with Crippen LogP contribution >= 0.6 is 11.3 Å². The Morgan fingerprint density at radius 1 is 0.933 bits per heavy atom. The van der Waals surface area contributed by atoms with Crippen molar-refractivity contribution in [2.75, 3.05) is 0 Å². The second-order valence-corrected chi connectivity index (χ2v) is 7.36. The lowest BCUT2D eigenvalue weighted by atomic mass is 10.0. The van der Waals surface area contributed by atoms with Gasteiger partial charge < -0.3 is 0 Å². The van der Waals surface area contributed by atoms with Gasteiger partial charge in [-0.2, -0.15) is 5.26 Å². The molecule has 0 saturated carbocycles. The van der Waals surface area contributed by atoms with Crippen LogP contribution in [-0.4, -0.2) is 9.91 Å². The first kappa shape index (κ1) is 19.2. The number of allylic oxidation sites excluding steroid dienone is 1. The Labute approximate surface area is 177 Å². The van der Waals surface area contributed by atoms with Crippen molar-refractivity contribution in [2.24, 2.45) is 0 Å². The van der Waals surface area contributed by atoms with Crippen LogP contribution < -0.4 is 0 Å². The van der Waals surface area contributed by atoms with E-state index in [1.54, 1.807) is 18.2 Å². The Bertz CT molecular complexity index is 1250. The number of nitrogens with zero attached hydrogens (tertiary/aromatic N) is 3. The highest BCUT2D eigenvalue weighted by Crippen LogP contribution is 2.29. The summed E-state index contributed by atoms with van der Waals surface area (Å²) in [6.07, 6.45) is 1.69. The van der Waals surface area contributed by atoms with Crippen molar-refractivity contribution >= 4 is 28.7 Å². The summed E-state index contributed by atoms with van der Waals surface area (Å²) >= 11 is 1.39. The molecule has 4 rings (SSSR count). The number of hydrogen-bond acceptors (Lipinski definition) is 5. The number of aromatic nitrogens is 1. The summed E-state index contributed by atoms with van der Waals surface area (Å²) in [5.74, 6) is 0. The number of benzene rings is 3. The van der Waals surface area contributed by atoms with Crippen molar-refractivity contribution in [3.8, 4) is 28.5 Å². The van der Waals surface area contributed by atoms with Crippen molar-refractivity contribution in [1.82, 2.24) is 4.98 Å². The predicted octanol–water partition coefficient (Wildman–Crippen LogP) is 6.45. The molecule has 0 unspecified atom stereocenters. The van der Waals surface area contributed by atoms with Gasteiger partial charge in [-0.1, -0.05) is 54.6 Å². The number of hydrogen-bond donors (Lipinski definition) is 0. The lowest BCUT2D eigenvalue weighted by Gasteiger charge is -2.02. The van der Waals surface area contributed by atoms with Crippen LogP contribution in [0.4, 0.5) is 5.69 Å². The van der Waals surface area contributed by atoms with Crippen LogP contribution in [-0.2, 0) is 0 Å². The van der Waals surface area contributed by atoms with E-state index in [-0.39, 0.29) is 5.69 Å². The van der Waals surface area contributed by atoms with Crippen molar-refractivity contribution in [1.29, 1.82) is 5.26 Å². The fourth-order valence-electron chi connectivity index (χ4n) is 2.99. The normalized spacial score (nSPS) is 11.1. The van der Waals surface area contributed by atoms with Crippen LogP contribution in [0.15, 0.2) is 84.2 Å². The van der Waals surface area contributed by atoms with E-state index in [0.29, 0.717) is 16.1 Å². The number of rotatable bonds is 5. The van der Waals surface area contributed by atoms with Gasteiger partial charge in [0.2, 0.25) is 0 Å². The smallest absolute Gasteiger partial charge is 0.258 e. The lowest BCUT2D eigenvalue weighted by Crippen LogP contribution is -1.87. The van der Waals surface area contributed by atoms with Gasteiger partial charge in [0.15, 0.2) is 0 Å². The van der Waals surface area contributed by atoms with Crippen LogP contribution in [0, 0.1) is 21.4 Å². The molecule has 1 heterocycles. The SMILES string of the molecule is N#CC(=Cc1ccc([N+](=O)[O-])cc1)c1nc(-c2ccc(-c3ccccc3)cc2)cs1. The van der Waals surface area contributed by atoms with Crippen molar-refractivity contribution in [2.45, 2.75) is 0 Å². The van der Waals surface area contributed by atoms with E-state index >= 15 is 0 Å². The minimum absolute atomic E-state index is 0.0149. The highest BCUT2D eigenvalue weighted by Gasteiger charge is 2.10. The van der Waals surface area contributed by atoms with Crippen LogP contribution in [0.3, 0.4) is 0 Å². The molecule has 0 fully saturated rings. The predicted molar refractivity (Wildman–Crippen MR) is 120 cm³/mol. The van der Waals surface area contributed by atoms with Crippen molar-refractivity contribution < 1.29 is 4.92 Å². The zero-order chi connectivity index (χ0) is 20.9. The Balaban J connectivity index is 1.58. The molecule has 0 N–H and O–H groups in total. The van der Waals surface area contributed by atoms with E-state index in [9.17, 15) is 15.4 Å². The highest BCUT2D eigenvalue weighted by atomic mass is 32.1. The van der Waals surface area contributed by atoms with Gasteiger partial charge in [-0.25, -0.2) is 4.98 Å². The summed E-state index contributed by atoms with van der Waals surface area (Å²) in [7, 11) is 0. The van der Waals surface area contributed by atoms with Crippen LogP contribution in [0.2, 0.25) is 0 Å². The molecule has 5 nitrogen and oxygen atoms in total. The van der Waals surface area contributed by atoms with E-state index in [0.717, 1.165) is 22.4 Å². The number of thiazole rings is 1. The Morgan fingerprint density at radius 2 is 1.57 bits per heavy atom. The Morgan fingerprint density at radius 3 is 2.20 bits per heavy atom. The number of nitro groups is 1. The highest BCUT2D eigenvalue weighted by molar-refractivity contribution is 7.11. The molecule has 1 aromatic heterocycles. The largest absolute Gasteiger partial charge is 0.269 e. The monoisotopic (exact) mass is 409 g/mol. The van der Waals surface area contributed by atoms with Crippen molar-refractivity contribution in [3.05, 3.63) is 105 Å². The van der Waals surface area contributed by atoms with Gasteiger partial charge in [-0.3, -0.25) is 10.1 Å². The minimum atomic E-state index is -0.450. The molecule has 4 aromatic rings. The van der Waals surface area contributed by atoms with Gasteiger partial charge in [0.25, 0.3) is 5.69 Å². The maximum atomic E-state index is 10.8. The van der Waals surface area contributed by atoms with Gasteiger partial charge in [-0.05, 0) is 34.9 Å². The first-order valence-corrected chi connectivity index (χ1v) is 10.00. The minimum Gasteiger partial charge on any atom is -0.258 e. The molecule has 0 saturated heterocycles. The summed E-state index contributed by atoms with van der Waals surface area (Å²) in [5, 5.41) is 22.9. The summed E-state index contributed by atoms with van der Waals surface area (Å²) in [6.45, 7) is 0. The van der Waals surface area contributed by atoms with E-state index in [2.05, 4.69) is 35.3 Å². The first-order valence-electron chi connectivity index (χ1n) is 9.12. The van der Waals surface area contributed by atoms with Gasteiger partial charge in [0.1, 0.15) is 11.1 Å². The first-order chi connectivity index (χ1) is 14.6. The molecule has 0 radical (unpaired) electrons. The summed E-state index contributed by atoms with van der Waals surface area (Å²) in [6, 6.07) is 26.6. The Hall–Kier alpha value is -4.08. The van der Waals surface area contributed by atoms with Gasteiger partial charge in [-0.15, -0.1) is 11.3 Å². The fourth-order valence-corrected chi connectivity index (χ4v) is 3.79. The molecule has 0 atom stereocenters. The molecule has 0 aliphatic heterocycles. The molecule has 0 spiro atoms. The van der Waals surface area contributed by atoms with Crippen LogP contribution in [0.5, 0.6) is 0 Å². The average Bonchev–Trinajstić information content (AvgIpc) is 3.28. The molecule has 0 aliphatic rings. The molecule has 0 bridgehead atoms. The van der Waals surface area contributed by atoms with Gasteiger partial charge in [0.05, 0.1) is 16.2 Å². The summed E-state index contributed by atoms with van der Waals surface area (Å²) in [4.78, 5) is 14.9.